The smallest absolute Gasteiger partial charge is 0.308 e. The Labute approximate surface area is 237 Å². The first-order valence-electron chi connectivity index (χ1n) is 14.3. The van der Waals surface area contributed by atoms with Crippen LogP contribution in [0.5, 0.6) is 17.2 Å². The fourth-order valence-electron chi connectivity index (χ4n) is 6.28. The maximum absolute atomic E-state index is 13.9. The molecule has 0 aliphatic carbocycles. The third kappa shape index (κ3) is 6.52. The molecule has 40 heavy (non-hydrogen) atoms. The van der Waals surface area contributed by atoms with Gasteiger partial charge in [0.25, 0.3) is 0 Å². The van der Waals surface area contributed by atoms with Crippen molar-refractivity contribution in [2.24, 2.45) is 11.3 Å². The number of amides is 1. The number of ether oxygens (including phenoxy) is 3. The standard InChI is InChI=1S/C31H43N3O6/c1-6-8-13-34(22-10-9-12-32-17-22)27(35)19-33-18-23(21-14-25(38-5)29-26(15-21)39-20-40-29)28(30(36)37)24(33)16-31(3,4)11-7-2/h9-10,12,14-15,17,23-24,28H,6-8,11,13,16,18-20H2,1-5H3,(H,36,37). The van der Waals surface area contributed by atoms with E-state index in [1.165, 1.54) is 0 Å². The van der Waals surface area contributed by atoms with Gasteiger partial charge in [-0.15, -0.1) is 0 Å². The SMILES string of the molecule is CCCCN(C(=O)CN1CC(c2cc(OC)c3c(c2)OCO3)C(C(=O)O)C1CC(C)(C)CCC)c1cccnc1. The van der Waals surface area contributed by atoms with Crippen molar-refractivity contribution in [1.29, 1.82) is 0 Å². The predicted molar refractivity (Wildman–Crippen MR) is 153 cm³/mol. The van der Waals surface area contributed by atoms with Gasteiger partial charge < -0.3 is 24.2 Å². The fourth-order valence-corrected chi connectivity index (χ4v) is 6.28. The number of aromatic nitrogens is 1. The first-order chi connectivity index (χ1) is 19.2. The number of aliphatic carboxylic acids is 1. The quantitative estimate of drug-likeness (QED) is 0.355. The fraction of sp³-hybridized carbons (Fsp3) is 0.581. The molecule has 2 aromatic rings. The zero-order valence-electron chi connectivity index (χ0n) is 24.4. The van der Waals surface area contributed by atoms with Gasteiger partial charge in [0.2, 0.25) is 18.4 Å². The largest absolute Gasteiger partial charge is 0.493 e. The number of hydrogen-bond acceptors (Lipinski definition) is 7. The number of benzene rings is 1. The summed E-state index contributed by atoms with van der Waals surface area (Å²) in [6, 6.07) is 7.14. The molecule has 1 aromatic heterocycles. The first-order valence-corrected chi connectivity index (χ1v) is 14.3. The molecule has 1 saturated heterocycles. The van der Waals surface area contributed by atoms with E-state index in [0.717, 1.165) is 36.9 Å². The van der Waals surface area contributed by atoms with Crippen molar-refractivity contribution in [2.45, 2.75) is 71.8 Å². The Morgan fingerprint density at radius 2 is 2.02 bits per heavy atom. The summed E-state index contributed by atoms with van der Waals surface area (Å²) in [5.74, 6) is -0.342. The average Bonchev–Trinajstić information content (AvgIpc) is 3.53. The van der Waals surface area contributed by atoms with E-state index in [2.05, 4.69) is 37.6 Å². The van der Waals surface area contributed by atoms with Crippen LogP contribution in [0.1, 0.15) is 71.3 Å². The van der Waals surface area contributed by atoms with E-state index in [0.29, 0.717) is 36.8 Å². The third-order valence-corrected chi connectivity index (χ3v) is 8.16. The molecule has 3 unspecified atom stereocenters. The molecule has 1 fully saturated rings. The second kappa shape index (κ2) is 12.9. The van der Waals surface area contributed by atoms with Gasteiger partial charge in [-0.1, -0.05) is 40.5 Å². The minimum atomic E-state index is -0.857. The topological polar surface area (TPSA) is 101 Å². The lowest BCUT2D eigenvalue weighted by molar-refractivity contribution is -0.143. The molecule has 9 nitrogen and oxygen atoms in total. The summed E-state index contributed by atoms with van der Waals surface area (Å²) in [4.78, 5) is 34.9. The van der Waals surface area contributed by atoms with Gasteiger partial charge in [0.15, 0.2) is 11.5 Å². The third-order valence-electron chi connectivity index (χ3n) is 8.16. The summed E-state index contributed by atoms with van der Waals surface area (Å²) in [7, 11) is 1.56. The van der Waals surface area contributed by atoms with Gasteiger partial charge in [0.05, 0.1) is 31.5 Å². The van der Waals surface area contributed by atoms with E-state index in [4.69, 9.17) is 14.2 Å². The van der Waals surface area contributed by atoms with E-state index in [9.17, 15) is 14.7 Å². The number of rotatable bonds is 13. The van der Waals surface area contributed by atoms with Gasteiger partial charge >= 0.3 is 5.97 Å². The number of likely N-dealkylation sites (tertiary alicyclic amines) is 1. The van der Waals surface area contributed by atoms with Crippen LogP contribution in [0.4, 0.5) is 5.69 Å². The number of carboxylic acids is 1. The molecule has 1 N–H and O–H groups in total. The molecular weight excluding hydrogens is 510 g/mol. The highest BCUT2D eigenvalue weighted by atomic mass is 16.7. The van der Waals surface area contributed by atoms with E-state index in [-0.39, 0.29) is 36.6 Å². The number of pyridine rings is 1. The van der Waals surface area contributed by atoms with Crippen molar-refractivity contribution in [2.75, 3.05) is 38.4 Å². The van der Waals surface area contributed by atoms with Crippen molar-refractivity contribution in [3.05, 3.63) is 42.2 Å². The number of nitrogens with zero attached hydrogens (tertiary/aromatic N) is 3. The van der Waals surface area contributed by atoms with Crippen molar-refractivity contribution in [1.82, 2.24) is 9.88 Å². The van der Waals surface area contributed by atoms with Gasteiger partial charge in [-0.25, -0.2) is 0 Å². The zero-order chi connectivity index (χ0) is 28.9. The molecule has 0 spiro atoms. The summed E-state index contributed by atoms with van der Waals surface area (Å²) in [5, 5.41) is 10.6. The second-order valence-corrected chi connectivity index (χ2v) is 11.7. The van der Waals surface area contributed by atoms with Crippen LogP contribution in [0, 0.1) is 11.3 Å². The van der Waals surface area contributed by atoms with Gasteiger partial charge in [0.1, 0.15) is 0 Å². The monoisotopic (exact) mass is 553 g/mol. The predicted octanol–water partition coefficient (Wildman–Crippen LogP) is 5.34. The van der Waals surface area contributed by atoms with Crippen LogP contribution in [-0.4, -0.2) is 66.4 Å². The summed E-state index contributed by atoms with van der Waals surface area (Å²) >= 11 is 0. The maximum Gasteiger partial charge on any atom is 0.308 e. The number of carbonyl (C=O) groups is 2. The van der Waals surface area contributed by atoms with Crippen LogP contribution in [0.3, 0.4) is 0 Å². The summed E-state index contributed by atoms with van der Waals surface area (Å²) in [6.07, 6.45) is 7.87. The van der Waals surface area contributed by atoms with Crippen LogP contribution < -0.4 is 19.1 Å². The van der Waals surface area contributed by atoms with Crippen LogP contribution in [0.25, 0.3) is 0 Å². The van der Waals surface area contributed by atoms with Gasteiger partial charge in [-0.3, -0.25) is 19.5 Å². The Hall–Kier alpha value is -3.33. The first kappa shape index (κ1) is 29.6. The zero-order valence-corrected chi connectivity index (χ0v) is 24.4. The Morgan fingerprint density at radius 1 is 1.23 bits per heavy atom. The lowest BCUT2D eigenvalue weighted by atomic mass is 9.76. The lowest BCUT2D eigenvalue weighted by Crippen LogP contribution is -2.46. The second-order valence-electron chi connectivity index (χ2n) is 11.7. The molecule has 2 aliphatic heterocycles. The number of unbranched alkanes of at least 4 members (excludes halogenated alkanes) is 1. The molecule has 3 heterocycles. The minimum absolute atomic E-state index is 0.0483. The van der Waals surface area contributed by atoms with E-state index >= 15 is 0 Å². The number of anilines is 1. The Balaban J connectivity index is 1.70. The number of fused-ring (bicyclic) bond motifs is 1. The Morgan fingerprint density at radius 3 is 2.67 bits per heavy atom. The molecule has 9 heteroatoms. The Bertz CT molecular complexity index is 1170. The molecule has 4 rings (SSSR count). The van der Waals surface area contributed by atoms with E-state index in [1.807, 2.05) is 24.3 Å². The van der Waals surface area contributed by atoms with E-state index in [1.54, 1.807) is 24.4 Å². The van der Waals surface area contributed by atoms with Crippen LogP contribution in [0.15, 0.2) is 36.7 Å². The number of hydrogen-bond donors (Lipinski definition) is 1. The molecule has 0 bridgehead atoms. The number of carboxylic acid groups (broad SMARTS) is 1. The van der Waals surface area contributed by atoms with Crippen LogP contribution >= 0.6 is 0 Å². The highest BCUT2D eigenvalue weighted by Gasteiger charge is 2.49. The highest BCUT2D eigenvalue weighted by molar-refractivity contribution is 5.94. The molecule has 2 aliphatic rings. The summed E-state index contributed by atoms with van der Waals surface area (Å²) < 4.78 is 16.8. The minimum Gasteiger partial charge on any atom is -0.493 e. The van der Waals surface area contributed by atoms with Crippen molar-refractivity contribution >= 4 is 17.6 Å². The molecule has 218 valence electrons. The van der Waals surface area contributed by atoms with Crippen LogP contribution in [0.2, 0.25) is 0 Å². The molecule has 0 saturated carbocycles. The summed E-state index contributed by atoms with van der Waals surface area (Å²) in [6.45, 7) is 9.88. The van der Waals surface area contributed by atoms with Crippen molar-refractivity contribution in [3.8, 4) is 17.2 Å². The van der Waals surface area contributed by atoms with E-state index < -0.39 is 11.9 Å². The Kier molecular flexibility index (Phi) is 9.56. The maximum atomic E-state index is 13.9. The molecular formula is C31H43N3O6. The molecule has 1 aromatic carbocycles. The molecule has 3 atom stereocenters. The van der Waals surface area contributed by atoms with Gasteiger partial charge in [-0.05, 0) is 54.5 Å². The van der Waals surface area contributed by atoms with Crippen LogP contribution in [-0.2, 0) is 9.59 Å². The lowest BCUT2D eigenvalue weighted by Gasteiger charge is -2.35. The van der Waals surface area contributed by atoms with Crippen molar-refractivity contribution in [3.63, 3.8) is 0 Å². The van der Waals surface area contributed by atoms with Gasteiger partial charge in [-0.2, -0.15) is 0 Å². The number of carbonyl (C=O) groups excluding carboxylic acids is 1. The summed E-state index contributed by atoms with van der Waals surface area (Å²) in [5.41, 5.74) is 1.49. The number of methoxy groups -OCH3 is 1. The van der Waals surface area contributed by atoms with Gasteiger partial charge in [0, 0.05) is 31.2 Å². The normalized spacial score (nSPS) is 20.5. The van der Waals surface area contributed by atoms with Crippen molar-refractivity contribution < 1.29 is 28.9 Å². The molecule has 1 amide bonds. The average molecular weight is 554 g/mol. The molecule has 0 radical (unpaired) electrons. The highest BCUT2D eigenvalue weighted by Crippen LogP contribution is 2.48.